The maximum Gasteiger partial charge on any atom is 0.420 e. The molecule has 3 aromatic carbocycles. The molecule has 1 amide bonds. The van der Waals surface area contributed by atoms with Crippen molar-refractivity contribution in [2.24, 2.45) is 0 Å². The van der Waals surface area contributed by atoms with E-state index in [2.05, 4.69) is 0 Å². The van der Waals surface area contributed by atoms with Gasteiger partial charge >= 0.3 is 6.09 Å². The number of furan rings is 1. The van der Waals surface area contributed by atoms with Gasteiger partial charge in [-0.25, -0.2) is 4.79 Å². The van der Waals surface area contributed by atoms with Gasteiger partial charge in [-0.1, -0.05) is 54.1 Å². The molecule has 0 bridgehead atoms. The van der Waals surface area contributed by atoms with E-state index in [1.54, 1.807) is 17.0 Å². The standard InChI is InChI=1S/C25H19NO4/c1-16-11-12-23-19(13-16)20(26(25(28)30-23)18-8-3-2-4-9-18)15-21(27)24-14-17-7-5-6-10-22(17)29-24/h2-14,20H,15H2,1H3. The molecule has 0 saturated heterocycles. The Morgan fingerprint density at radius 3 is 2.53 bits per heavy atom. The molecule has 5 heteroatoms. The summed E-state index contributed by atoms with van der Waals surface area (Å²) in [5, 5.41) is 0.875. The second kappa shape index (κ2) is 7.19. The third-order valence-electron chi connectivity index (χ3n) is 5.34. The molecule has 0 saturated carbocycles. The summed E-state index contributed by atoms with van der Waals surface area (Å²) in [6.45, 7) is 1.97. The molecule has 2 heterocycles. The molecule has 30 heavy (non-hydrogen) atoms. The number of fused-ring (bicyclic) bond motifs is 2. The minimum Gasteiger partial charge on any atom is -0.453 e. The molecule has 0 fully saturated rings. The zero-order valence-corrected chi connectivity index (χ0v) is 16.4. The Hall–Kier alpha value is -3.86. The highest BCUT2D eigenvalue weighted by Crippen LogP contribution is 2.41. The summed E-state index contributed by atoms with van der Waals surface area (Å²) in [5.41, 5.74) is 3.18. The SMILES string of the molecule is Cc1ccc2c(c1)C(CC(=O)c1cc3ccccc3o1)N(c1ccccc1)C(=O)O2. The number of para-hydroxylation sites is 2. The van der Waals surface area contributed by atoms with Crippen molar-refractivity contribution in [1.29, 1.82) is 0 Å². The number of aryl methyl sites for hydroxylation is 1. The molecule has 4 aromatic rings. The van der Waals surface area contributed by atoms with Gasteiger partial charge < -0.3 is 9.15 Å². The minimum atomic E-state index is -0.500. The van der Waals surface area contributed by atoms with Crippen molar-refractivity contribution in [1.82, 2.24) is 0 Å². The molecular formula is C25H19NO4. The Balaban J connectivity index is 1.57. The highest BCUT2D eigenvalue weighted by Gasteiger charge is 2.37. The van der Waals surface area contributed by atoms with Gasteiger partial charge in [0.05, 0.1) is 6.04 Å². The van der Waals surface area contributed by atoms with Crippen LogP contribution in [0.25, 0.3) is 11.0 Å². The lowest BCUT2D eigenvalue weighted by molar-refractivity contribution is 0.0946. The zero-order valence-electron chi connectivity index (χ0n) is 16.4. The monoisotopic (exact) mass is 397 g/mol. The van der Waals surface area contributed by atoms with Gasteiger partial charge in [-0.15, -0.1) is 0 Å². The van der Waals surface area contributed by atoms with Crippen LogP contribution in [-0.2, 0) is 0 Å². The molecule has 1 atom stereocenters. The van der Waals surface area contributed by atoms with Crippen LogP contribution >= 0.6 is 0 Å². The van der Waals surface area contributed by atoms with E-state index in [1.807, 2.05) is 73.7 Å². The second-order valence-corrected chi connectivity index (χ2v) is 7.41. The molecule has 5 nitrogen and oxygen atoms in total. The van der Waals surface area contributed by atoms with E-state index in [-0.39, 0.29) is 18.0 Å². The maximum absolute atomic E-state index is 13.2. The topological polar surface area (TPSA) is 59.8 Å². The number of carbonyl (C=O) groups excluding carboxylic acids is 2. The fourth-order valence-electron chi connectivity index (χ4n) is 3.90. The first kappa shape index (κ1) is 18.2. The van der Waals surface area contributed by atoms with E-state index in [4.69, 9.17) is 9.15 Å². The number of anilines is 1. The van der Waals surface area contributed by atoms with E-state index in [0.717, 1.165) is 16.5 Å². The Bertz CT molecular complexity index is 1230. The summed E-state index contributed by atoms with van der Waals surface area (Å²) in [6, 6.07) is 23.7. The molecule has 1 aromatic heterocycles. The Kier molecular flexibility index (Phi) is 4.36. The number of Topliss-reactive ketones (excluding diaryl/α,β-unsaturated/α-hetero) is 1. The van der Waals surface area contributed by atoms with Crippen LogP contribution in [0, 0.1) is 6.92 Å². The number of hydrogen-bond acceptors (Lipinski definition) is 4. The van der Waals surface area contributed by atoms with Gasteiger partial charge in [0.15, 0.2) is 11.5 Å². The molecule has 5 rings (SSSR count). The fourth-order valence-corrected chi connectivity index (χ4v) is 3.90. The summed E-state index contributed by atoms with van der Waals surface area (Å²) in [5.74, 6) is 0.608. The number of amides is 1. The van der Waals surface area contributed by atoms with Gasteiger partial charge in [0.2, 0.25) is 0 Å². The van der Waals surface area contributed by atoms with Crippen molar-refractivity contribution in [3.05, 3.63) is 95.7 Å². The lowest BCUT2D eigenvalue weighted by Gasteiger charge is -2.36. The Morgan fingerprint density at radius 1 is 0.967 bits per heavy atom. The van der Waals surface area contributed by atoms with E-state index >= 15 is 0 Å². The summed E-state index contributed by atoms with van der Waals surface area (Å²) >= 11 is 0. The first-order valence-electron chi connectivity index (χ1n) is 9.78. The number of rotatable bonds is 4. The first-order valence-corrected chi connectivity index (χ1v) is 9.78. The molecule has 0 spiro atoms. The van der Waals surface area contributed by atoms with Crippen LogP contribution in [0.2, 0.25) is 0 Å². The lowest BCUT2D eigenvalue weighted by Crippen LogP contribution is -2.42. The van der Waals surface area contributed by atoms with Gasteiger partial charge in [0, 0.05) is 23.1 Å². The normalized spacial score (nSPS) is 15.7. The molecule has 1 aliphatic heterocycles. The van der Waals surface area contributed by atoms with Crippen molar-refractivity contribution in [2.45, 2.75) is 19.4 Å². The molecule has 0 radical (unpaired) electrons. The zero-order chi connectivity index (χ0) is 20.7. The first-order chi connectivity index (χ1) is 14.6. The van der Waals surface area contributed by atoms with Crippen LogP contribution in [0.3, 0.4) is 0 Å². The number of hydrogen-bond donors (Lipinski definition) is 0. The van der Waals surface area contributed by atoms with Gasteiger partial charge in [-0.3, -0.25) is 9.69 Å². The van der Waals surface area contributed by atoms with Crippen LogP contribution in [-0.4, -0.2) is 11.9 Å². The van der Waals surface area contributed by atoms with Crippen LogP contribution in [0.15, 0.2) is 83.3 Å². The van der Waals surface area contributed by atoms with Crippen molar-refractivity contribution in [3.63, 3.8) is 0 Å². The largest absolute Gasteiger partial charge is 0.453 e. The van der Waals surface area contributed by atoms with E-state index in [0.29, 0.717) is 17.0 Å². The van der Waals surface area contributed by atoms with Crippen LogP contribution in [0.5, 0.6) is 5.75 Å². The number of ketones is 1. The van der Waals surface area contributed by atoms with Crippen molar-refractivity contribution in [3.8, 4) is 5.75 Å². The van der Waals surface area contributed by atoms with Crippen LogP contribution < -0.4 is 9.64 Å². The summed E-state index contributed by atoms with van der Waals surface area (Å²) in [7, 11) is 0. The molecule has 1 aliphatic rings. The predicted octanol–water partition coefficient (Wildman–Crippen LogP) is 6.07. The number of nitrogens with zero attached hydrogens (tertiary/aromatic N) is 1. The fraction of sp³-hybridized carbons (Fsp3) is 0.120. The third-order valence-corrected chi connectivity index (χ3v) is 5.34. The smallest absolute Gasteiger partial charge is 0.420 e. The van der Waals surface area contributed by atoms with E-state index in [1.165, 1.54) is 0 Å². The number of carbonyl (C=O) groups is 2. The van der Waals surface area contributed by atoms with E-state index in [9.17, 15) is 9.59 Å². The van der Waals surface area contributed by atoms with Gasteiger partial charge in [0.25, 0.3) is 0 Å². The third kappa shape index (κ3) is 3.14. The van der Waals surface area contributed by atoms with Crippen molar-refractivity contribution in [2.75, 3.05) is 4.90 Å². The molecule has 1 unspecified atom stereocenters. The summed E-state index contributed by atoms with van der Waals surface area (Å²) in [6.07, 6.45) is -0.416. The average Bonchev–Trinajstić information content (AvgIpc) is 3.19. The Morgan fingerprint density at radius 2 is 1.73 bits per heavy atom. The predicted molar refractivity (Wildman–Crippen MR) is 114 cm³/mol. The highest BCUT2D eigenvalue weighted by atomic mass is 16.6. The quantitative estimate of drug-likeness (QED) is 0.392. The van der Waals surface area contributed by atoms with Crippen LogP contribution in [0.4, 0.5) is 10.5 Å². The van der Waals surface area contributed by atoms with Crippen molar-refractivity contribution < 1.29 is 18.7 Å². The Labute approximate surface area is 173 Å². The summed E-state index contributed by atoms with van der Waals surface area (Å²) in [4.78, 5) is 27.6. The molecular weight excluding hydrogens is 378 g/mol. The average molecular weight is 397 g/mol. The van der Waals surface area contributed by atoms with E-state index < -0.39 is 12.1 Å². The summed E-state index contributed by atoms with van der Waals surface area (Å²) < 4.78 is 11.3. The van der Waals surface area contributed by atoms with Gasteiger partial charge in [-0.2, -0.15) is 0 Å². The molecule has 0 aliphatic carbocycles. The van der Waals surface area contributed by atoms with Gasteiger partial charge in [0.1, 0.15) is 11.3 Å². The van der Waals surface area contributed by atoms with Gasteiger partial charge in [-0.05, 0) is 37.3 Å². The highest BCUT2D eigenvalue weighted by molar-refractivity contribution is 6.00. The maximum atomic E-state index is 13.2. The second-order valence-electron chi connectivity index (χ2n) is 7.41. The van der Waals surface area contributed by atoms with Crippen molar-refractivity contribution >= 4 is 28.5 Å². The minimum absolute atomic E-state index is 0.0836. The van der Waals surface area contributed by atoms with Crippen LogP contribution in [0.1, 0.15) is 34.1 Å². The molecule has 0 N–H and O–H groups in total. The lowest BCUT2D eigenvalue weighted by atomic mass is 9.95. The molecule has 148 valence electrons. The number of benzene rings is 3. The number of ether oxygens (including phenoxy) is 1.